The number of halogens is 2. The molecule has 1 aliphatic rings. The highest BCUT2D eigenvalue weighted by Gasteiger charge is 2.14. The lowest BCUT2D eigenvalue weighted by molar-refractivity contribution is 0.208. The molecule has 1 heterocycles. The van der Waals surface area contributed by atoms with E-state index in [2.05, 4.69) is 35.0 Å². The monoisotopic (exact) mass is 265 g/mol. The van der Waals surface area contributed by atoms with Gasteiger partial charge in [0.25, 0.3) is 0 Å². The van der Waals surface area contributed by atoms with Gasteiger partial charge in [0.1, 0.15) is 0 Å². The molecule has 1 aliphatic heterocycles. The first-order chi connectivity index (χ1) is 7.65. The molecule has 0 unspecified atom stereocenters. The average molecular weight is 266 g/mol. The summed E-state index contributed by atoms with van der Waals surface area (Å²) in [6.45, 7) is 4.80. The van der Waals surface area contributed by atoms with Crippen molar-refractivity contribution >= 4 is 23.2 Å². The van der Waals surface area contributed by atoms with Crippen LogP contribution in [0.4, 0.5) is 0 Å². The van der Waals surface area contributed by atoms with Crippen LogP contribution in [0.3, 0.4) is 0 Å². The third kappa shape index (κ3) is 4.91. The van der Waals surface area contributed by atoms with Crippen LogP contribution in [0.25, 0.3) is 0 Å². The van der Waals surface area contributed by atoms with Crippen LogP contribution >= 0.6 is 23.2 Å². The van der Waals surface area contributed by atoms with Crippen molar-refractivity contribution in [1.82, 2.24) is 14.7 Å². The highest BCUT2D eigenvalue weighted by atomic mass is 35.5. The van der Waals surface area contributed by atoms with Gasteiger partial charge in [-0.25, -0.2) is 0 Å². The fourth-order valence-corrected chi connectivity index (χ4v) is 2.54. The lowest BCUT2D eigenvalue weighted by Crippen LogP contribution is -2.40. The maximum absolute atomic E-state index is 5.78. The summed E-state index contributed by atoms with van der Waals surface area (Å²) < 4.78 is 0. The summed E-state index contributed by atoms with van der Waals surface area (Å²) in [6.07, 6.45) is 2.23. The summed E-state index contributed by atoms with van der Waals surface area (Å²) in [7, 11) is 4.24. The Morgan fingerprint density at radius 1 is 1.25 bits per heavy atom. The van der Waals surface area contributed by atoms with Crippen molar-refractivity contribution in [1.29, 1.82) is 0 Å². The van der Waals surface area contributed by atoms with E-state index in [0.29, 0.717) is 11.8 Å². The van der Waals surface area contributed by atoms with Crippen LogP contribution in [-0.4, -0.2) is 73.4 Å². The number of likely N-dealkylation sites (N-methyl/N-ethyl adjacent to an activating group) is 1. The minimum absolute atomic E-state index is 0.663. The number of rotatable bonds is 6. The molecule has 0 aromatic heterocycles. The van der Waals surface area contributed by atoms with Crippen LogP contribution in [0.1, 0.15) is 0 Å². The van der Waals surface area contributed by atoms with Crippen molar-refractivity contribution in [2.75, 3.05) is 58.7 Å². The van der Waals surface area contributed by atoms with E-state index in [4.69, 9.17) is 23.2 Å². The molecule has 0 aromatic carbocycles. The van der Waals surface area contributed by atoms with Crippen LogP contribution in [0.2, 0.25) is 0 Å². The van der Waals surface area contributed by atoms with Gasteiger partial charge in [0.05, 0.1) is 6.67 Å². The summed E-state index contributed by atoms with van der Waals surface area (Å²) in [5.41, 5.74) is 1.42. The normalized spacial score (nSPS) is 18.1. The lowest BCUT2D eigenvalue weighted by Gasteiger charge is -2.32. The molecule has 3 nitrogen and oxygen atoms in total. The molecule has 0 amide bonds. The second kappa shape index (κ2) is 7.38. The highest BCUT2D eigenvalue weighted by molar-refractivity contribution is 6.18. The number of nitrogens with zero attached hydrogens (tertiary/aromatic N) is 3. The Bertz CT molecular complexity index is 227. The molecule has 0 aliphatic carbocycles. The molecule has 0 saturated heterocycles. The Morgan fingerprint density at radius 3 is 2.38 bits per heavy atom. The summed E-state index contributed by atoms with van der Waals surface area (Å²) in [4.78, 5) is 6.81. The number of hydrogen-bond donors (Lipinski definition) is 0. The molecule has 0 saturated carbocycles. The van der Waals surface area contributed by atoms with Crippen LogP contribution in [0.15, 0.2) is 11.8 Å². The van der Waals surface area contributed by atoms with E-state index in [1.165, 1.54) is 5.57 Å². The first kappa shape index (κ1) is 14.1. The van der Waals surface area contributed by atoms with Gasteiger partial charge in [-0.1, -0.05) is 0 Å². The Kier molecular flexibility index (Phi) is 6.51. The second-order valence-corrected chi connectivity index (χ2v) is 5.11. The minimum atomic E-state index is 0.663. The van der Waals surface area contributed by atoms with Crippen LogP contribution < -0.4 is 0 Å². The molecule has 0 bridgehead atoms. The predicted octanol–water partition coefficient (Wildman–Crippen LogP) is 1.48. The van der Waals surface area contributed by atoms with E-state index in [1.807, 2.05) is 0 Å². The SMILES string of the molecule is CN1C=C(CN(CCCl)CCCl)CN(C)C1. The Morgan fingerprint density at radius 2 is 1.88 bits per heavy atom. The molecule has 5 heteroatoms. The van der Waals surface area contributed by atoms with Crippen molar-refractivity contribution in [3.05, 3.63) is 11.8 Å². The van der Waals surface area contributed by atoms with E-state index >= 15 is 0 Å². The van der Waals surface area contributed by atoms with Gasteiger partial charge in [-0.2, -0.15) is 0 Å². The predicted molar refractivity (Wildman–Crippen MR) is 71.2 cm³/mol. The quantitative estimate of drug-likeness (QED) is 0.674. The molecule has 1 rings (SSSR count). The zero-order valence-corrected chi connectivity index (χ0v) is 11.6. The Balaban J connectivity index is 2.49. The fourth-order valence-electron chi connectivity index (χ4n) is 2.06. The molecule has 0 atom stereocenters. The second-order valence-electron chi connectivity index (χ2n) is 4.35. The molecule has 16 heavy (non-hydrogen) atoms. The molecule has 0 N–H and O–H groups in total. The summed E-state index contributed by atoms with van der Waals surface area (Å²) in [5.74, 6) is 1.33. The zero-order chi connectivity index (χ0) is 12.0. The Labute approximate surface area is 109 Å². The molecule has 0 radical (unpaired) electrons. The van der Waals surface area contributed by atoms with Crippen molar-refractivity contribution in [2.24, 2.45) is 0 Å². The van der Waals surface area contributed by atoms with E-state index in [9.17, 15) is 0 Å². The topological polar surface area (TPSA) is 9.72 Å². The van der Waals surface area contributed by atoms with E-state index in [0.717, 1.165) is 32.8 Å². The Hall–Kier alpha value is 0.0400. The summed E-state index contributed by atoms with van der Waals surface area (Å²) in [5, 5.41) is 0. The molecule has 0 aromatic rings. The molecule has 0 fully saturated rings. The van der Waals surface area contributed by atoms with Crippen LogP contribution in [-0.2, 0) is 0 Å². The van der Waals surface area contributed by atoms with Gasteiger partial charge in [-0.3, -0.25) is 9.80 Å². The van der Waals surface area contributed by atoms with Crippen molar-refractivity contribution < 1.29 is 0 Å². The smallest absolute Gasteiger partial charge is 0.0698 e. The maximum Gasteiger partial charge on any atom is 0.0698 e. The summed E-state index contributed by atoms with van der Waals surface area (Å²) >= 11 is 11.6. The minimum Gasteiger partial charge on any atom is -0.368 e. The number of alkyl halides is 2. The third-order valence-electron chi connectivity index (χ3n) is 2.57. The lowest BCUT2D eigenvalue weighted by atomic mass is 10.2. The summed E-state index contributed by atoms with van der Waals surface area (Å²) in [6, 6.07) is 0. The van der Waals surface area contributed by atoms with Gasteiger partial charge in [-0.05, 0) is 12.6 Å². The molecular formula is C11H21Cl2N3. The van der Waals surface area contributed by atoms with Gasteiger partial charge in [-0.15, -0.1) is 23.2 Å². The van der Waals surface area contributed by atoms with Gasteiger partial charge >= 0.3 is 0 Å². The van der Waals surface area contributed by atoms with Gasteiger partial charge in [0, 0.05) is 51.2 Å². The first-order valence-electron chi connectivity index (χ1n) is 5.58. The first-order valence-corrected chi connectivity index (χ1v) is 6.65. The van der Waals surface area contributed by atoms with Gasteiger partial charge in [0.15, 0.2) is 0 Å². The standard InChI is InChI=1S/C11H21Cl2N3/c1-14-7-11(8-15(2)10-14)9-16(5-3-12)6-4-13/h7H,3-6,8-10H2,1-2H3. The van der Waals surface area contributed by atoms with E-state index < -0.39 is 0 Å². The zero-order valence-electron chi connectivity index (χ0n) is 10.1. The maximum atomic E-state index is 5.78. The molecule has 94 valence electrons. The van der Waals surface area contributed by atoms with E-state index in [-0.39, 0.29) is 0 Å². The number of hydrogen-bond acceptors (Lipinski definition) is 3. The average Bonchev–Trinajstić information content (AvgIpc) is 2.16. The van der Waals surface area contributed by atoms with Crippen molar-refractivity contribution in [3.63, 3.8) is 0 Å². The van der Waals surface area contributed by atoms with Gasteiger partial charge < -0.3 is 4.90 Å². The highest BCUT2D eigenvalue weighted by Crippen LogP contribution is 2.09. The van der Waals surface area contributed by atoms with Crippen molar-refractivity contribution in [3.8, 4) is 0 Å². The van der Waals surface area contributed by atoms with Gasteiger partial charge in [0.2, 0.25) is 0 Å². The van der Waals surface area contributed by atoms with Crippen LogP contribution in [0.5, 0.6) is 0 Å². The van der Waals surface area contributed by atoms with Crippen LogP contribution in [0, 0.1) is 0 Å². The molecule has 0 spiro atoms. The largest absolute Gasteiger partial charge is 0.368 e. The van der Waals surface area contributed by atoms with Crippen molar-refractivity contribution in [2.45, 2.75) is 0 Å². The molecular weight excluding hydrogens is 245 g/mol. The fraction of sp³-hybridized carbons (Fsp3) is 0.818. The third-order valence-corrected chi connectivity index (χ3v) is 2.91. The van der Waals surface area contributed by atoms with E-state index in [1.54, 1.807) is 0 Å².